The number of methoxy groups -OCH3 is 2. The highest BCUT2D eigenvalue weighted by Crippen LogP contribution is 2.29. The van der Waals surface area contributed by atoms with Crippen LogP contribution < -0.4 is 21.1 Å². The molecule has 0 bridgehead atoms. The zero-order valence-electron chi connectivity index (χ0n) is 21.4. The molecule has 3 rings (SSSR count). The number of amides is 1. The van der Waals surface area contributed by atoms with Gasteiger partial charge in [0.1, 0.15) is 5.75 Å². The number of benzene rings is 2. The van der Waals surface area contributed by atoms with Crippen LogP contribution in [0.1, 0.15) is 39.6 Å². The molecule has 2 atom stereocenters. The zero-order chi connectivity index (χ0) is 26.1. The molecular formula is C26H36Cl2N4O5. The number of carbonyl (C=O) groups excluding carboxylic acids is 2. The maximum absolute atomic E-state index is 12.9. The summed E-state index contributed by atoms with van der Waals surface area (Å²) >= 11 is 6.12. The number of nitrogens with one attached hydrogen (secondary N) is 2. The van der Waals surface area contributed by atoms with Crippen molar-refractivity contribution >= 4 is 41.6 Å². The molecule has 4 N–H and O–H groups in total. The van der Waals surface area contributed by atoms with Crippen LogP contribution >= 0.6 is 24.0 Å². The summed E-state index contributed by atoms with van der Waals surface area (Å²) in [5, 5.41) is 6.81. The predicted octanol–water partition coefficient (Wildman–Crippen LogP) is 3.14. The first-order valence-electron chi connectivity index (χ1n) is 12.0. The van der Waals surface area contributed by atoms with Crippen molar-refractivity contribution in [3.63, 3.8) is 0 Å². The van der Waals surface area contributed by atoms with Gasteiger partial charge in [-0.1, -0.05) is 23.7 Å². The van der Waals surface area contributed by atoms with Gasteiger partial charge in [-0.2, -0.15) is 0 Å². The van der Waals surface area contributed by atoms with E-state index in [1.807, 2.05) is 12.1 Å². The number of anilines is 1. The number of esters is 1. The number of ether oxygens (including phenoxy) is 3. The van der Waals surface area contributed by atoms with E-state index in [0.717, 1.165) is 31.6 Å². The summed E-state index contributed by atoms with van der Waals surface area (Å²) in [5.41, 5.74) is 8.17. The normalized spacial score (nSPS) is 17.5. The molecule has 0 saturated carbocycles. The average molecular weight is 556 g/mol. The van der Waals surface area contributed by atoms with Gasteiger partial charge in [0.15, 0.2) is 0 Å². The minimum Gasteiger partial charge on any atom is -0.496 e. The van der Waals surface area contributed by atoms with Crippen LogP contribution in [0.25, 0.3) is 0 Å². The summed E-state index contributed by atoms with van der Waals surface area (Å²) in [4.78, 5) is 27.0. The van der Waals surface area contributed by atoms with Crippen LogP contribution in [-0.2, 0) is 16.0 Å². The molecule has 0 radical (unpaired) electrons. The summed E-state index contributed by atoms with van der Waals surface area (Å²) in [6.45, 7) is 6.05. The number of halogens is 2. The SMILES string of the molecule is CCOC(=O)c1ccc(CNCCN2CC[C@@H](NC(=O)c3cc(Cl)c(N)cc3OC)[C@@H](OC)C2)cc1.Cl. The van der Waals surface area contributed by atoms with Gasteiger partial charge in [-0.25, -0.2) is 4.79 Å². The monoisotopic (exact) mass is 554 g/mol. The molecule has 37 heavy (non-hydrogen) atoms. The highest BCUT2D eigenvalue weighted by Gasteiger charge is 2.31. The highest BCUT2D eigenvalue weighted by atomic mass is 35.5. The predicted molar refractivity (Wildman–Crippen MR) is 147 cm³/mol. The van der Waals surface area contributed by atoms with Gasteiger partial charge in [-0.05, 0) is 37.1 Å². The number of rotatable bonds is 11. The van der Waals surface area contributed by atoms with Crippen LogP contribution in [0.5, 0.6) is 5.75 Å². The molecule has 0 aliphatic carbocycles. The lowest BCUT2D eigenvalue weighted by atomic mass is 10.0. The molecule has 2 aromatic rings. The Kier molecular flexibility index (Phi) is 12.4. The van der Waals surface area contributed by atoms with E-state index in [9.17, 15) is 9.59 Å². The molecule has 0 unspecified atom stereocenters. The van der Waals surface area contributed by atoms with Crippen LogP contribution in [0.3, 0.4) is 0 Å². The molecule has 0 spiro atoms. The van der Waals surface area contributed by atoms with Crippen molar-refractivity contribution in [1.29, 1.82) is 0 Å². The van der Waals surface area contributed by atoms with E-state index >= 15 is 0 Å². The maximum atomic E-state index is 12.9. The molecule has 204 valence electrons. The van der Waals surface area contributed by atoms with Crippen molar-refractivity contribution in [2.45, 2.75) is 32.0 Å². The quantitative estimate of drug-likeness (QED) is 0.220. The van der Waals surface area contributed by atoms with Crippen molar-refractivity contribution in [3.05, 3.63) is 58.1 Å². The van der Waals surface area contributed by atoms with Gasteiger partial charge >= 0.3 is 5.97 Å². The minimum absolute atomic E-state index is 0. The third-order valence-corrected chi connectivity index (χ3v) is 6.55. The number of carbonyl (C=O) groups is 2. The Morgan fingerprint density at radius 2 is 1.92 bits per heavy atom. The number of nitrogen functional groups attached to an aromatic ring is 1. The van der Waals surface area contributed by atoms with Crippen molar-refractivity contribution in [2.24, 2.45) is 0 Å². The van der Waals surface area contributed by atoms with Crippen molar-refractivity contribution < 1.29 is 23.8 Å². The molecule has 0 aromatic heterocycles. The van der Waals surface area contributed by atoms with Crippen LogP contribution in [0.4, 0.5) is 5.69 Å². The molecule has 1 amide bonds. The van der Waals surface area contributed by atoms with Gasteiger partial charge in [0, 0.05) is 45.9 Å². The summed E-state index contributed by atoms with van der Waals surface area (Å²) in [5.74, 6) is -0.201. The van der Waals surface area contributed by atoms with E-state index in [2.05, 4.69) is 15.5 Å². The summed E-state index contributed by atoms with van der Waals surface area (Å²) in [6.07, 6.45) is 0.610. The van der Waals surface area contributed by atoms with Crippen molar-refractivity contribution in [3.8, 4) is 5.75 Å². The van der Waals surface area contributed by atoms with Gasteiger partial charge in [-0.3, -0.25) is 9.69 Å². The fourth-order valence-corrected chi connectivity index (χ4v) is 4.36. The zero-order valence-corrected chi connectivity index (χ0v) is 23.0. The lowest BCUT2D eigenvalue weighted by Crippen LogP contribution is -2.55. The van der Waals surface area contributed by atoms with Gasteiger partial charge in [0.05, 0.1) is 47.7 Å². The Bertz CT molecular complexity index is 1040. The molecular weight excluding hydrogens is 519 g/mol. The van der Waals surface area contributed by atoms with Gasteiger partial charge in [-0.15, -0.1) is 12.4 Å². The smallest absolute Gasteiger partial charge is 0.338 e. The average Bonchev–Trinajstić information content (AvgIpc) is 2.89. The van der Waals surface area contributed by atoms with Crippen LogP contribution in [0.15, 0.2) is 36.4 Å². The second-order valence-corrected chi connectivity index (χ2v) is 9.02. The van der Waals surface area contributed by atoms with Crippen LogP contribution in [0.2, 0.25) is 5.02 Å². The van der Waals surface area contributed by atoms with Crippen LogP contribution in [-0.4, -0.2) is 75.9 Å². The standard InChI is InChI=1S/C26H35ClN4O5.ClH/c1-4-36-26(33)18-7-5-17(6-8-18)15-29-10-12-31-11-9-22(24(16-31)35-3)30-25(32)19-13-20(27)21(28)14-23(19)34-2;/h5-8,13-14,22,24,29H,4,9-12,15-16,28H2,1-3H3,(H,30,32);1H/t22-,24+;/m1./s1. The maximum Gasteiger partial charge on any atom is 0.338 e. The van der Waals surface area contributed by atoms with E-state index in [4.69, 9.17) is 31.5 Å². The number of nitrogens with two attached hydrogens (primary N) is 1. The minimum atomic E-state index is -0.305. The molecule has 1 saturated heterocycles. The fraction of sp³-hybridized carbons (Fsp3) is 0.462. The lowest BCUT2D eigenvalue weighted by Gasteiger charge is -2.38. The van der Waals surface area contributed by atoms with Crippen molar-refractivity contribution in [2.75, 3.05) is 52.7 Å². The second-order valence-electron chi connectivity index (χ2n) is 8.61. The van der Waals surface area contributed by atoms with E-state index in [-0.39, 0.29) is 36.4 Å². The summed E-state index contributed by atoms with van der Waals surface area (Å²) in [7, 11) is 3.15. The first-order valence-corrected chi connectivity index (χ1v) is 12.4. The Morgan fingerprint density at radius 3 is 2.57 bits per heavy atom. The summed E-state index contributed by atoms with van der Waals surface area (Å²) in [6, 6.07) is 10.4. The largest absolute Gasteiger partial charge is 0.496 e. The van der Waals surface area contributed by atoms with E-state index in [1.54, 1.807) is 32.2 Å². The van der Waals surface area contributed by atoms with E-state index in [1.165, 1.54) is 13.2 Å². The number of hydrogen-bond donors (Lipinski definition) is 3. The molecule has 1 aliphatic heterocycles. The highest BCUT2D eigenvalue weighted by molar-refractivity contribution is 6.33. The Balaban J connectivity index is 0.00000481. The molecule has 2 aromatic carbocycles. The number of hydrogen-bond acceptors (Lipinski definition) is 8. The summed E-state index contributed by atoms with van der Waals surface area (Å²) < 4.78 is 16.0. The van der Waals surface area contributed by atoms with Gasteiger partial charge in [0.2, 0.25) is 0 Å². The van der Waals surface area contributed by atoms with Gasteiger partial charge < -0.3 is 30.6 Å². The van der Waals surface area contributed by atoms with E-state index in [0.29, 0.717) is 47.3 Å². The number of piperidine rings is 1. The first-order chi connectivity index (χ1) is 17.4. The Morgan fingerprint density at radius 1 is 1.19 bits per heavy atom. The molecule has 1 heterocycles. The number of nitrogens with zero attached hydrogens (tertiary/aromatic N) is 1. The number of likely N-dealkylation sites (tertiary alicyclic amines) is 1. The van der Waals surface area contributed by atoms with Crippen molar-refractivity contribution in [1.82, 2.24) is 15.5 Å². The lowest BCUT2D eigenvalue weighted by molar-refractivity contribution is 0.00677. The van der Waals surface area contributed by atoms with Gasteiger partial charge in [0.25, 0.3) is 5.91 Å². The first kappa shape index (κ1) is 30.7. The third-order valence-electron chi connectivity index (χ3n) is 6.22. The van der Waals surface area contributed by atoms with E-state index < -0.39 is 0 Å². The molecule has 11 heteroatoms. The second kappa shape index (κ2) is 15.0. The fourth-order valence-electron chi connectivity index (χ4n) is 4.19. The third kappa shape index (κ3) is 8.48. The topological polar surface area (TPSA) is 115 Å². The molecule has 1 aliphatic rings. The molecule has 1 fully saturated rings. The van der Waals surface area contributed by atoms with Crippen LogP contribution in [0, 0.1) is 0 Å². The molecule has 9 nitrogen and oxygen atoms in total. The Hall–Kier alpha value is -2.56. The Labute approximate surface area is 229 Å².